The molecule has 0 spiro atoms. The molecule has 27 heavy (non-hydrogen) atoms. The van der Waals surface area contributed by atoms with Crippen molar-refractivity contribution in [2.24, 2.45) is 5.73 Å². The Labute approximate surface area is 156 Å². The Morgan fingerprint density at radius 3 is 2.33 bits per heavy atom. The monoisotopic (exact) mass is 365 g/mol. The lowest BCUT2D eigenvalue weighted by molar-refractivity contribution is -0.147. The Morgan fingerprint density at radius 1 is 0.778 bits per heavy atom. The maximum Gasteiger partial charge on any atom is 0.344 e. The van der Waals surface area contributed by atoms with Crippen LogP contribution in [0.4, 0.5) is 0 Å². The van der Waals surface area contributed by atoms with Crippen molar-refractivity contribution in [2.75, 3.05) is 13.2 Å². The minimum atomic E-state index is -0.558. The summed E-state index contributed by atoms with van der Waals surface area (Å²) in [4.78, 5) is 22.7. The lowest BCUT2D eigenvalue weighted by Gasteiger charge is -2.09. The molecule has 0 heterocycles. The SMILES string of the molecule is NC(=O)COc1cccc(COC(=O)COc2ccc3ccccc3c2)c1. The smallest absolute Gasteiger partial charge is 0.344 e. The summed E-state index contributed by atoms with van der Waals surface area (Å²) >= 11 is 0. The molecule has 0 aliphatic carbocycles. The number of rotatable bonds is 8. The summed E-state index contributed by atoms with van der Waals surface area (Å²) < 4.78 is 15.9. The van der Waals surface area contributed by atoms with Crippen molar-refractivity contribution in [2.45, 2.75) is 6.61 Å². The Morgan fingerprint density at radius 2 is 1.52 bits per heavy atom. The molecule has 0 bridgehead atoms. The number of nitrogens with two attached hydrogens (primary N) is 1. The lowest BCUT2D eigenvalue weighted by atomic mass is 10.1. The number of ether oxygens (including phenoxy) is 3. The van der Waals surface area contributed by atoms with E-state index in [9.17, 15) is 9.59 Å². The number of carbonyl (C=O) groups is 2. The zero-order valence-corrected chi connectivity index (χ0v) is 14.6. The Balaban J connectivity index is 1.49. The van der Waals surface area contributed by atoms with E-state index in [0.717, 1.165) is 16.3 Å². The molecule has 0 radical (unpaired) electrons. The Bertz CT molecular complexity index is 954. The van der Waals surface area contributed by atoms with E-state index in [0.29, 0.717) is 11.5 Å². The van der Waals surface area contributed by atoms with Gasteiger partial charge in [0.25, 0.3) is 5.91 Å². The highest BCUT2D eigenvalue weighted by molar-refractivity contribution is 5.83. The first-order valence-corrected chi connectivity index (χ1v) is 8.37. The summed E-state index contributed by atoms with van der Waals surface area (Å²) in [6.07, 6.45) is 0. The minimum absolute atomic E-state index is 0.0771. The van der Waals surface area contributed by atoms with E-state index < -0.39 is 11.9 Å². The first kappa shape index (κ1) is 18.3. The van der Waals surface area contributed by atoms with E-state index in [1.165, 1.54) is 0 Å². The van der Waals surface area contributed by atoms with Gasteiger partial charge in [0.15, 0.2) is 13.2 Å². The molecule has 0 atom stereocenters. The van der Waals surface area contributed by atoms with Gasteiger partial charge < -0.3 is 19.9 Å². The van der Waals surface area contributed by atoms with Gasteiger partial charge in [-0.25, -0.2) is 4.79 Å². The molecule has 3 aromatic carbocycles. The normalized spacial score (nSPS) is 10.4. The molecule has 0 aliphatic heterocycles. The zero-order valence-electron chi connectivity index (χ0n) is 14.6. The number of esters is 1. The fraction of sp³-hybridized carbons (Fsp3) is 0.143. The molecule has 2 N–H and O–H groups in total. The Hall–Kier alpha value is -3.54. The van der Waals surface area contributed by atoms with Crippen LogP contribution >= 0.6 is 0 Å². The van der Waals surface area contributed by atoms with E-state index in [2.05, 4.69) is 0 Å². The average molecular weight is 365 g/mol. The van der Waals surface area contributed by atoms with Gasteiger partial charge in [0, 0.05) is 0 Å². The number of primary amides is 1. The second-order valence-electron chi connectivity index (χ2n) is 5.86. The van der Waals surface area contributed by atoms with Gasteiger partial charge in [0.1, 0.15) is 18.1 Å². The highest BCUT2D eigenvalue weighted by atomic mass is 16.6. The molecular formula is C21H19NO5. The van der Waals surface area contributed by atoms with E-state index in [1.54, 1.807) is 24.3 Å². The van der Waals surface area contributed by atoms with E-state index in [1.807, 2.05) is 42.5 Å². The first-order chi connectivity index (χ1) is 13.1. The molecule has 3 rings (SSSR count). The third kappa shape index (κ3) is 5.47. The summed E-state index contributed by atoms with van der Waals surface area (Å²) in [6.45, 7) is -0.313. The summed E-state index contributed by atoms with van der Waals surface area (Å²) in [7, 11) is 0. The van der Waals surface area contributed by atoms with E-state index in [-0.39, 0.29) is 19.8 Å². The highest BCUT2D eigenvalue weighted by Gasteiger charge is 2.07. The Kier molecular flexibility index (Phi) is 5.89. The molecule has 0 aliphatic rings. The van der Waals surface area contributed by atoms with Gasteiger partial charge in [-0.05, 0) is 40.6 Å². The largest absolute Gasteiger partial charge is 0.484 e. The fourth-order valence-electron chi connectivity index (χ4n) is 2.48. The first-order valence-electron chi connectivity index (χ1n) is 8.37. The lowest BCUT2D eigenvalue weighted by Crippen LogP contribution is -2.20. The van der Waals surface area contributed by atoms with Crippen LogP contribution in [0.1, 0.15) is 5.56 Å². The van der Waals surface area contributed by atoms with Crippen LogP contribution in [0.2, 0.25) is 0 Å². The number of amides is 1. The second kappa shape index (κ2) is 8.71. The summed E-state index contributed by atoms with van der Waals surface area (Å²) in [6, 6.07) is 20.4. The van der Waals surface area contributed by atoms with Gasteiger partial charge in [0.05, 0.1) is 0 Å². The van der Waals surface area contributed by atoms with Crippen LogP contribution in [-0.4, -0.2) is 25.1 Å². The standard InChI is InChI=1S/C21H19NO5/c22-20(23)13-25-18-7-3-4-15(10-18)12-27-21(24)14-26-19-9-8-16-5-1-2-6-17(16)11-19/h1-11H,12-14H2,(H2,22,23). The number of carbonyl (C=O) groups excluding carboxylic acids is 2. The predicted molar refractivity (Wildman–Crippen MR) is 100 cm³/mol. The average Bonchev–Trinajstić information content (AvgIpc) is 2.69. The van der Waals surface area contributed by atoms with Crippen LogP contribution in [0.5, 0.6) is 11.5 Å². The third-order valence-corrected chi connectivity index (χ3v) is 3.76. The summed E-state index contributed by atoms with van der Waals surface area (Å²) in [5, 5.41) is 2.14. The topological polar surface area (TPSA) is 87.9 Å². The maximum atomic E-state index is 11.9. The summed E-state index contributed by atoms with van der Waals surface area (Å²) in [5.74, 6) is 0.0477. The minimum Gasteiger partial charge on any atom is -0.484 e. The van der Waals surface area contributed by atoms with Crippen LogP contribution in [0, 0.1) is 0 Å². The van der Waals surface area contributed by atoms with Gasteiger partial charge in [-0.1, -0.05) is 42.5 Å². The quantitative estimate of drug-likeness (QED) is 0.620. The fourth-order valence-corrected chi connectivity index (χ4v) is 2.48. The number of fused-ring (bicyclic) bond motifs is 1. The molecule has 6 nitrogen and oxygen atoms in total. The van der Waals surface area contributed by atoms with Gasteiger partial charge in [-0.15, -0.1) is 0 Å². The van der Waals surface area contributed by atoms with Crippen molar-refractivity contribution in [3.8, 4) is 11.5 Å². The number of hydrogen-bond donors (Lipinski definition) is 1. The van der Waals surface area contributed by atoms with Gasteiger partial charge in [-0.2, -0.15) is 0 Å². The van der Waals surface area contributed by atoms with Crippen LogP contribution in [0.25, 0.3) is 10.8 Å². The van der Waals surface area contributed by atoms with Crippen molar-refractivity contribution in [3.05, 3.63) is 72.3 Å². The number of hydrogen-bond acceptors (Lipinski definition) is 5. The van der Waals surface area contributed by atoms with Crippen molar-refractivity contribution in [3.63, 3.8) is 0 Å². The maximum absolute atomic E-state index is 11.9. The highest BCUT2D eigenvalue weighted by Crippen LogP contribution is 2.20. The molecule has 0 aromatic heterocycles. The molecule has 0 saturated heterocycles. The predicted octanol–water partition coefficient (Wildman–Crippen LogP) is 2.83. The van der Waals surface area contributed by atoms with Gasteiger partial charge >= 0.3 is 5.97 Å². The van der Waals surface area contributed by atoms with Crippen molar-refractivity contribution in [1.29, 1.82) is 0 Å². The molecule has 1 amide bonds. The molecular weight excluding hydrogens is 346 g/mol. The molecule has 0 unspecified atom stereocenters. The molecule has 0 fully saturated rings. The summed E-state index contributed by atoms with van der Waals surface area (Å²) in [5.41, 5.74) is 5.77. The van der Waals surface area contributed by atoms with E-state index >= 15 is 0 Å². The molecule has 6 heteroatoms. The van der Waals surface area contributed by atoms with Gasteiger partial charge in [0.2, 0.25) is 0 Å². The molecule has 3 aromatic rings. The van der Waals surface area contributed by atoms with Crippen LogP contribution in [-0.2, 0) is 20.9 Å². The third-order valence-electron chi connectivity index (χ3n) is 3.76. The number of benzene rings is 3. The van der Waals surface area contributed by atoms with Crippen LogP contribution in [0.15, 0.2) is 66.7 Å². The van der Waals surface area contributed by atoms with Crippen molar-refractivity contribution < 1.29 is 23.8 Å². The van der Waals surface area contributed by atoms with Gasteiger partial charge in [-0.3, -0.25) is 4.79 Å². The molecule has 0 saturated carbocycles. The second-order valence-corrected chi connectivity index (χ2v) is 5.86. The zero-order chi connectivity index (χ0) is 19.1. The van der Waals surface area contributed by atoms with Crippen molar-refractivity contribution >= 4 is 22.6 Å². The van der Waals surface area contributed by atoms with Crippen LogP contribution < -0.4 is 15.2 Å². The molecule has 138 valence electrons. The van der Waals surface area contributed by atoms with E-state index in [4.69, 9.17) is 19.9 Å². The van der Waals surface area contributed by atoms with Crippen LogP contribution in [0.3, 0.4) is 0 Å². The van der Waals surface area contributed by atoms with Crippen molar-refractivity contribution in [1.82, 2.24) is 0 Å².